The van der Waals surface area contributed by atoms with Crippen molar-refractivity contribution in [3.05, 3.63) is 46.8 Å². The van der Waals surface area contributed by atoms with Crippen molar-refractivity contribution in [3.63, 3.8) is 0 Å². The van der Waals surface area contributed by atoms with Gasteiger partial charge >= 0.3 is 5.97 Å². The molecule has 0 bridgehead atoms. The van der Waals surface area contributed by atoms with E-state index in [4.69, 9.17) is 4.74 Å². The number of thiophene rings is 1. The average Bonchev–Trinajstić information content (AvgIpc) is 3.34. The van der Waals surface area contributed by atoms with Crippen LogP contribution in [-0.2, 0) is 14.8 Å². The van der Waals surface area contributed by atoms with Crippen molar-refractivity contribution in [3.8, 4) is 0 Å². The van der Waals surface area contributed by atoms with Crippen molar-refractivity contribution >= 4 is 38.2 Å². The number of esters is 1. The molecule has 1 amide bonds. The molecule has 1 aromatic heterocycles. The molecule has 1 aromatic carbocycles. The molecule has 2 heterocycles. The highest BCUT2D eigenvalue weighted by Gasteiger charge is 2.27. The van der Waals surface area contributed by atoms with Crippen molar-refractivity contribution in [1.82, 2.24) is 4.31 Å². The molecule has 0 atom stereocenters. The topological polar surface area (TPSA) is 92.8 Å². The number of sulfonamides is 1. The van der Waals surface area contributed by atoms with Crippen LogP contribution >= 0.6 is 11.3 Å². The first-order valence-electron chi connectivity index (χ1n) is 8.59. The quantitative estimate of drug-likeness (QED) is 0.742. The highest BCUT2D eigenvalue weighted by atomic mass is 32.2. The fourth-order valence-electron chi connectivity index (χ4n) is 2.81. The van der Waals surface area contributed by atoms with Crippen LogP contribution in [0.5, 0.6) is 0 Å². The summed E-state index contributed by atoms with van der Waals surface area (Å²) in [5.41, 5.74) is 0.599. The van der Waals surface area contributed by atoms with E-state index in [1.807, 2.05) is 0 Å². The lowest BCUT2D eigenvalue weighted by atomic mass is 10.2. The largest absolute Gasteiger partial charge is 0.462 e. The van der Waals surface area contributed by atoms with Gasteiger partial charge in [-0.1, -0.05) is 0 Å². The second-order valence-electron chi connectivity index (χ2n) is 5.97. The number of carbonyl (C=O) groups is 2. The number of carbonyl (C=O) groups excluding carboxylic acids is 2. The van der Waals surface area contributed by atoms with E-state index >= 15 is 0 Å². The maximum Gasteiger partial charge on any atom is 0.341 e. The van der Waals surface area contributed by atoms with Gasteiger partial charge < -0.3 is 10.1 Å². The van der Waals surface area contributed by atoms with E-state index < -0.39 is 21.9 Å². The van der Waals surface area contributed by atoms with Gasteiger partial charge in [0, 0.05) is 18.7 Å². The molecule has 7 nitrogen and oxygen atoms in total. The lowest BCUT2D eigenvalue weighted by Crippen LogP contribution is -2.27. The minimum absolute atomic E-state index is 0.171. The third-order valence-corrected chi connectivity index (χ3v) is 6.95. The highest BCUT2D eigenvalue weighted by molar-refractivity contribution is 7.89. The number of anilines is 1. The third-order valence-electron chi connectivity index (χ3n) is 4.21. The predicted molar refractivity (Wildman–Crippen MR) is 103 cm³/mol. The summed E-state index contributed by atoms with van der Waals surface area (Å²) < 4.78 is 31.5. The van der Waals surface area contributed by atoms with Crippen LogP contribution in [0.2, 0.25) is 0 Å². The van der Waals surface area contributed by atoms with Gasteiger partial charge in [0.15, 0.2) is 0 Å². The van der Waals surface area contributed by atoms with E-state index in [-0.39, 0.29) is 11.5 Å². The van der Waals surface area contributed by atoms with E-state index in [9.17, 15) is 18.0 Å². The second kappa shape index (κ2) is 8.20. The molecule has 0 radical (unpaired) electrons. The van der Waals surface area contributed by atoms with Crippen molar-refractivity contribution in [2.24, 2.45) is 0 Å². The maximum absolute atomic E-state index is 12.5. The van der Waals surface area contributed by atoms with Crippen LogP contribution in [0.15, 0.2) is 40.6 Å². The lowest BCUT2D eigenvalue weighted by Gasteiger charge is -2.15. The van der Waals surface area contributed by atoms with E-state index in [1.165, 1.54) is 39.9 Å². The molecule has 1 aliphatic heterocycles. The number of ether oxygens (including phenoxy) is 1. The molecule has 2 aromatic rings. The van der Waals surface area contributed by atoms with E-state index in [2.05, 4.69) is 5.32 Å². The number of benzene rings is 1. The molecule has 0 spiro atoms. The predicted octanol–water partition coefficient (Wildman–Crippen LogP) is 2.96. The summed E-state index contributed by atoms with van der Waals surface area (Å²) in [4.78, 5) is 24.5. The van der Waals surface area contributed by atoms with Crippen LogP contribution in [-0.4, -0.2) is 44.3 Å². The Hall–Kier alpha value is -2.23. The SMILES string of the molecule is CCOC(=O)c1ccsc1NC(=O)c1ccc(S(=O)(=O)N2CCCC2)cc1. The van der Waals surface area contributed by atoms with Gasteiger partial charge in [0.1, 0.15) is 5.00 Å². The minimum Gasteiger partial charge on any atom is -0.462 e. The van der Waals surface area contributed by atoms with Gasteiger partial charge in [-0.15, -0.1) is 11.3 Å². The summed E-state index contributed by atoms with van der Waals surface area (Å²) in [6, 6.07) is 7.39. The third kappa shape index (κ3) is 4.20. The molecule has 0 unspecified atom stereocenters. The molecule has 3 rings (SSSR count). The van der Waals surface area contributed by atoms with Crippen molar-refractivity contribution < 1.29 is 22.7 Å². The highest BCUT2D eigenvalue weighted by Crippen LogP contribution is 2.25. The zero-order valence-electron chi connectivity index (χ0n) is 14.8. The van der Waals surface area contributed by atoms with Gasteiger partial charge in [-0.05, 0) is 55.5 Å². The molecule has 9 heteroatoms. The van der Waals surface area contributed by atoms with Gasteiger partial charge in [0.25, 0.3) is 5.91 Å². The molecular formula is C18H20N2O5S2. The molecule has 0 aliphatic carbocycles. The number of rotatable bonds is 6. The van der Waals surface area contributed by atoms with E-state index in [0.717, 1.165) is 12.8 Å². The fourth-order valence-corrected chi connectivity index (χ4v) is 5.09. The fraction of sp³-hybridized carbons (Fsp3) is 0.333. The normalized spacial score (nSPS) is 14.9. The van der Waals surface area contributed by atoms with Crippen molar-refractivity contribution in [2.75, 3.05) is 25.0 Å². The number of hydrogen-bond donors (Lipinski definition) is 1. The summed E-state index contributed by atoms with van der Waals surface area (Å²) in [5.74, 6) is -0.922. The minimum atomic E-state index is -3.51. The van der Waals surface area contributed by atoms with Gasteiger partial charge in [0.2, 0.25) is 10.0 Å². The van der Waals surface area contributed by atoms with Gasteiger partial charge in [0.05, 0.1) is 17.1 Å². The molecule has 1 aliphatic rings. The zero-order chi connectivity index (χ0) is 19.4. The Bertz CT molecular complexity index is 929. The summed E-state index contributed by atoms with van der Waals surface area (Å²) in [7, 11) is -3.51. The van der Waals surface area contributed by atoms with Gasteiger partial charge in [-0.25, -0.2) is 13.2 Å². The van der Waals surface area contributed by atoms with E-state index in [1.54, 1.807) is 18.4 Å². The first kappa shape index (κ1) is 19.5. The zero-order valence-corrected chi connectivity index (χ0v) is 16.4. The van der Waals surface area contributed by atoms with Crippen LogP contribution in [0, 0.1) is 0 Å². The Balaban J connectivity index is 1.73. The van der Waals surface area contributed by atoms with Crippen LogP contribution in [0.1, 0.15) is 40.5 Å². The number of hydrogen-bond acceptors (Lipinski definition) is 6. The lowest BCUT2D eigenvalue weighted by molar-refractivity contribution is 0.0528. The van der Waals surface area contributed by atoms with Crippen molar-refractivity contribution in [2.45, 2.75) is 24.7 Å². The standard InChI is InChI=1S/C18H20N2O5S2/c1-2-25-18(22)15-9-12-26-17(15)19-16(21)13-5-7-14(8-6-13)27(23,24)20-10-3-4-11-20/h5-9,12H,2-4,10-11H2,1H3,(H,19,21). The van der Waals surface area contributed by atoms with Crippen LogP contribution in [0.25, 0.3) is 0 Å². The van der Waals surface area contributed by atoms with E-state index in [0.29, 0.717) is 29.2 Å². The molecule has 1 N–H and O–H groups in total. The van der Waals surface area contributed by atoms with Gasteiger partial charge in [-0.3, -0.25) is 4.79 Å². The summed E-state index contributed by atoms with van der Waals surface area (Å²) in [6.07, 6.45) is 1.73. The average molecular weight is 409 g/mol. The van der Waals surface area contributed by atoms with Crippen LogP contribution in [0.4, 0.5) is 5.00 Å². The first-order valence-corrected chi connectivity index (χ1v) is 10.9. The molecule has 1 fully saturated rings. The molecule has 144 valence electrons. The second-order valence-corrected chi connectivity index (χ2v) is 8.83. The number of amides is 1. The molecule has 1 saturated heterocycles. The molecule has 0 saturated carbocycles. The Morgan fingerprint density at radius 3 is 2.44 bits per heavy atom. The maximum atomic E-state index is 12.5. The Labute approximate surface area is 162 Å². The Morgan fingerprint density at radius 1 is 1.15 bits per heavy atom. The van der Waals surface area contributed by atoms with Gasteiger partial charge in [-0.2, -0.15) is 4.31 Å². The summed E-state index contributed by atoms with van der Waals surface area (Å²) in [5, 5.41) is 4.76. The summed E-state index contributed by atoms with van der Waals surface area (Å²) >= 11 is 1.22. The smallest absolute Gasteiger partial charge is 0.341 e. The summed E-state index contributed by atoms with van der Waals surface area (Å²) in [6.45, 7) is 3.01. The Kier molecular flexibility index (Phi) is 5.93. The first-order chi connectivity index (χ1) is 12.9. The monoisotopic (exact) mass is 408 g/mol. The Morgan fingerprint density at radius 2 is 1.81 bits per heavy atom. The van der Waals surface area contributed by atoms with Crippen LogP contribution in [0.3, 0.4) is 0 Å². The molecular weight excluding hydrogens is 388 g/mol. The number of nitrogens with zero attached hydrogens (tertiary/aromatic N) is 1. The number of nitrogens with one attached hydrogen (secondary N) is 1. The molecule has 27 heavy (non-hydrogen) atoms. The van der Waals surface area contributed by atoms with Crippen molar-refractivity contribution in [1.29, 1.82) is 0 Å². The van der Waals surface area contributed by atoms with Crippen LogP contribution < -0.4 is 5.32 Å².